The first kappa shape index (κ1) is 13.6. The van der Waals surface area contributed by atoms with Crippen molar-refractivity contribution < 1.29 is 9.53 Å². The van der Waals surface area contributed by atoms with Gasteiger partial charge in [0, 0.05) is 36.1 Å². The maximum atomic E-state index is 11.2. The quantitative estimate of drug-likeness (QED) is 0.930. The largest absolute Gasteiger partial charge is 0.378 e. The van der Waals surface area contributed by atoms with Gasteiger partial charge in [-0.3, -0.25) is 9.78 Å². The number of nitrogens with zero attached hydrogens (tertiary/aromatic N) is 2. The molecule has 2 heterocycles. The summed E-state index contributed by atoms with van der Waals surface area (Å²) in [5.74, 6) is -0.441. The Morgan fingerprint density at radius 2 is 1.86 bits per heavy atom. The van der Waals surface area contributed by atoms with E-state index in [-0.39, 0.29) is 0 Å². The zero-order valence-corrected chi connectivity index (χ0v) is 11.7. The van der Waals surface area contributed by atoms with Crippen LogP contribution in [-0.4, -0.2) is 37.2 Å². The fourth-order valence-corrected chi connectivity index (χ4v) is 2.41. The van der Waals surface area contributed by atoms with E-state index in [1.807, 2.05) is 12.1 Å². The lowest BCUT2D eigenvalue weighted by molar-refractivity contribution is 0.1000. The van der Waals surface area contributed by atoms with E-state index in [4.69, 9.17) is 10.5 Å². The molecule has 0 radical (unpaired) electrons. The molecule has 5 nitrogen and oxygen atoms in total. The number of morpholine rings is 1. The van der Waals surface area contributed by atoms with Crippen LogP contribution in [-0.2, 0) is 4.74 Å². The van der Waals surface area contributed by atoms with Gasteiger partial charge in [0.15, 0.2) is 0 Å². The van der Waals surface area contributed by atoms with Crippen LogP contribution in [0.25, 0.3) is 11.3 Å². The lowest BCUT2D eigenvalue weighted by atomic mass is 10.1. The first-order valence-corrected chi connectivity index (χ1v) is 6.93. The molecule has 0 spiro atoms. The zero-order valence-electron chi connectivity index (χ0n) is 11.7. The van der Waals surface area contributed by atoms with Crippen molar-refractivity contribution in [1.82, 2.24) is 4.98 Å². The van der Waals surface area contributed by atoms with E-state index >= 15 is 0 Å². The summed E-state index contributed by atoms with van der Waals surface area (Å²) in [5, 5.41) is 0. The summed E-state index contributed by atoms with van der Waals surface area (Å²) in [7, 11) is 0. The molecular formula is C16H17N3O2. The van der Waals surface area contributed by atoms with Gasteiger partial charge in [-0.1, -0.05) is 12.1 Å². The van der Waals surface area contributed by atoms with Crippen molar-refractivity contribution in [2.45, 2.75) is 0 Å². The predicted octanol–water partition coefficient (Wildman–Crippen LogP) is 1.68. The van der Waals surface area contributed by atoms with E-state index < -0.39 is 5.91 Å². The van der Waals surface area contributed by atoms with Crippen molar-refractivity contribution in [1.29, 1.82) is 0 Å². The van der Waals surface area contributed by atoms with E-state index in [1.165, 1.54) is 5.69 Å². The number of amides is 1. The van der Waals surface area contributed by atoms with Gasteiger partial charge in [0.1, 0.15) is 0 Å². The van der Waals surface area contributed by atoms with Crippen LogP contribution in [0.2, 0.25) is 0 Å². The van der Waals surface area contributed by atoms with Gasteiger partial charge in [0.05, 0.1) is 18.9 Å². The maximum Gasteiger partial charge on any atom is 0.248 e. The number of carbonyl (C=O) groups excluding carboxylic acids is 1. The van der Waals surface area contributed by atoms with Crippen LogP contribution in [0.15, 0.2) is 42.6 Å². The fraction of sp³-hybridized carbons (Fsp3) is 0.250. The molecule has 108 valence electrons. The second kappa shape index (κ2) is 5.93. The SMILES string of the molecule is NC(=O)c1ccnc(-c2ccc(N3CCOCC3)cc2)c1. The Morgan fingerprint density at radius 1 is 1.14 bits per heavy atom. The minimum Gasteiger partial charge on any atom is -0.378 e. The van der Waals surface area contributed by atoms with Crippen molar-refractivity contribution >= 4 is 11.6 Å². The summed E-state index contributed by atoms with van der Waals surface area (Å²) >= 11 is 0. The molecular weight excluding hydrogens is 266 g/mol. The Balaban J connectivity index is 1.83. The molecule has 1 aromatic heterocycles. The molecule has 1 aromatic carbocycles. The second-order valence-corrected chi connectivity index (χ2v) is 4.94. The highest BCUT2D eigenvalue weighted by atomic mass is 16.5. The first-order valence-electron chi connectivity index (χ1n) is 6.93. The van der Waals surface area contributed by atoms with E-state index in [2.05, 4.69) is 22.0 Å². The average Bonchev–Trinajstić information content (AvgIpc) is 2.56. The van der Waals surface area contributed by atoms with Gasteiger partial charge in [-0.15, -0.1) is 0 Å². The average molecular weight is 283 g/mol. The normalized spacial score (nSPS) is 15.0. The Kier molecular flexibility index (Phi) is 3.83. The molecule has 0 saturated carbocycles. The fourth-order valence-electron chi connectivity index (χ4n) is 2.41. The number of benzene rings is 1. The molecule has 5 heteroatoms. The van der Waals surface area contributed by atoms with E-state index in [9.17, 15) is 4.79 Å². The summed E-state index contributed by atoms with van der Waals surface area (Å²) < 4.78 is 5.35. The number of hydrogen-bond acceptors (Lipinski definition) is 4. The van der Waals surface area contributed by atoms with Gasteiger partial charge in [0.2, 0.25) is 5.91 Å². The van der Waals surface area contributed by atoms with Crippen LogP contribution in [0.5, 0.6) is 0 Å². The Morgan fingerprint density at radius 3 is 2.52 bits per heavy atom. The number of hydrogen-bond donors (Lipinski definition) is 1. The van der Waals surface area contributed by atoms with Crippen LogP contribution in [0, 0.1) is 0 Å². The van der Waals surface area contributed by atoms with Gasteiger partial charge >= 0.3 is 0 Å². The molecule has 1 fully saturated rings. The van der Waals surface area contributed by atoms with Crippen molar-refractivity contribution in [2.75, 3.05) is 31.2 Å². The summed E-state index contributed by atoms with van der Waals surface area (Å²) in [4.78, 5) is 17.8. The molecule has 0 aliphatic carbocycles. The number of primary amides is 1. The summed E-state index contributed by atoms with van der Waals surface area (Å²) in [6, 6.07) is 11.5. The number of anilines is 1. The molecule has 2 N–H and O–H groups in total. The maximum absolute atomic E-state index is 11.2. The minimum atomic E-state index is -0.441. The Bertz CT molecular complexity index is 634. The molecule has 21 heavy (non-hydrogen) atoms. The van der Waals surface area contributed by atoms with Gasteiger partial charge in [-0.25, -0.2) is 0 Å². The van der Waals surface area contributed by atoms with Crippen LogP contribution in [0.3, 0.4) is 0 Å². The highest BCUT2D eigenvalue weighted by Gasteiger charge is 2.11. The molecule has 0 bridgehead atoms. The summed E-state index contributed by atoms with van der Waals surface area (Å²) in [5.41, 5.74) is 8.66. The number of rotatable bonds is 3. The number of pyridine rings is 1. The van der Waals surface area contributed by atoms with E-state index in [0.717, 1.165) is 37.6 Å². The smallest absolute Gasteiger partial charge is 0.248 e. The number of ether oxygens (including phenoxy) is 1. The van der Waals surface area contributed by atoms with E-state index in [1.54, 1.807) is 18.3 Å². The van der Waals surface area contributed by atoms with Gasteiger partial charge in [-0.05, 0) is 24.3 Å². The predicted molar refractivity (Wildman–Crippen MR) is 81.2 cm³/mol. The molecule has 2 aromatic rings. The van der Waals surface area contributed by atoms with Crippen molar-refractivity contribution in [3.63, 3.8) is 0 Å². The number of carbonyl (C=O) groups is 1. The van der Waals surface area contributed by atoms with Crippen LogP contribution in [0.4, 0.5) is 5.69 Å². The van der Waals surface area contributed by atoms with Crippen LogP contribution in [0.1, 0.15) is 10.4 Å². The highest BCUT2D eigenvalue weighted by Crippen LogP contribution is 2.23. The monoisotopic (exact) mass is 283 g/mol. The number of aromatic nitrogens is 1. The lowest BCUT2D eigenvalue weighted by Gasteiger charge is -2.28. The molecule has 1 saturated heterocycles. The topological polar surface area (TPSA) is 68.5 Å². The molecule has 0 atom stereocenters. The van der Waals surface area contributed by atoms with Crippen molar-refractivity contribution in [3.8, 4) is 11.3 Å². The third kappa shape index (κ3) is 3.03. The molecule has 1 aliphatic heterocycles. The first-order chi connectivity index (χ1) is 10.2. The summed E-state index contributed by atoms with van der Waals surface area (Å²) in [6.07, 6.45) is 1.60. The molecule has 1 aliphatic rings. The van der Waals surface area contributed by atoms with Crippen molar-refractivity contribution in [2.24, 2.45) is 5.73 Å². The Labute approximate surface area is 123 Å². The third-order valence-electron chi connectivity index (χ3n) is 3.58. The molecule has 3 rings (SSSR count). The van der Waals surface area contributed by atoms with E-state index in [0.29, 0.717) is 5.56 Å². The van der Waals surface area contributed by atoms with Gasteiger partial charge in [-0.2, -0.15) is 0 Å². The summed E-state index contributed by atoms with van der Waals surface area (Å²) in [6.45, 7) is 3.36. The molecule has 1 amide bonds. The Hall–Kier alpha value is -2.40. The third-order valence-corrected chi connectivity index (χ3v) is 3.58. The van der Waals surface area contributed by atoms with Gasteiger partial charge < -0.3 is 15.4 Å². The minimum absolute atomic E-state index is 0.441. The van der Waals surface area contributed by atoms with Crippen LogP contribution >= 0.6 is 0 Å². The zero-order chi connectivity index (χ0) is 14.7. The lowest BCUT2D eigenvalue weighted by Crippen LogP contribution is -2.36. The highest BCUT2D eigenvalue weighted by molar-refractivity contribution is 5.93. The van der Waals surface area contributed by atoms with Crippen LogP contribution < -0.4 is 10.6 Å². The molecule has 0 unspecified atom stereocenters. The second-order valence-electron chi connectivity index (χ2n) is 4.94. The van der Waals surface area contributed by atoms with Gasteiger partial charge in [0.25, 0.3) is 0 Å². The number of nitrogens with two attached hydrogens (primary N) is 1. The van der Waals surface area contributed by atoms with Crippen molar-refractivity contribution in [3.05, 3.63) is 48.2 Å². The standard InChI is InChI=1S/C16H17N3O2/c17-16(20)13-5-6-18-15(11-13)12-1-3-14(4-2-12)19-7-9-21-10-8-19/h1-6,11H,7-10H2,(H2,17,20).